The molecule has 0 fully saturated rings. The molecule has 0 saturated heterocycles. The Morgan fingerprint density at radius 2 is 1.95 bits per heavy atom. The molecule has 1 N–H and O–H groups in total. The maximum Gasteiger partial charge on any atom is 0.339 e. The number of hydrogen-bond donors (Lipinski definition) is 1. The lowest BCUT2D eigenvalue weighted by atomic mass is 9.98. The van der Waals surface area contributed by atoms with E-state index in [-0.39, 0.29) is 11.3 Å². The van der Waals surface area contributed by atoms with Gasteiger partial charge in [-0.1, -0.05) is 43.6 Å². The predicted octanol–water partition coefficient (Wildman–Crippen LogP) is 5.34. The van der Waals surface area contributed by atoms with E-state index in [0.717, 1.165) is 12.0 Å². The molecule has 0 amide bonds. The summed E-state index contributed by atoms with van der Waals surface area (Å²) in [5, 5.41) is 9.68. The third kappa shape index (κ3) is 3.56. The summed E-state index contributed by atoms with van der Waals surface area (Å²) >= 11 is 5.94. The van der Waals surface area contributed by atoms with E-state index in [9.17, 15) is 9.90 Å². The Hall–Kier alpha value is -2.00. The molecule has 1 atom stereocenters. The third-order valence-corrected chi connectivity index (χ3v) is 3.69. The minimum Gasteiger partial charge on any atom is -0.478 e. The quantitative estimate of drug-likeness (QED) is 0.810. The molecule has 0 aromatic heterocycles. The van der Waals surface area contributed by atoms with Gasteiger partial charge in [0.2, 0.25) is 0 Å². The fourth-order valence-corrected chi connectivity index (χ4v) is 2.24. The molecule has 0 heterocycles. The minimum atomic E-state index is -1.04. The van der Waals surface area contributed by atoms with Crippen molar-refractivity contribution in [3.05, 3.63) is 58.6 Å². The van der Waals surface area contributed by atoms with Crippen molar-refractivity contribution in [2.45, 2.75) is 26.2 Å². The number of ether oxygens (including phenoxy) is 1. The van der Waals surface area contributed by atoms with Gasteiger partial charge >= 0.3 is 5.97 Å². The second-order valence-corrected chi connectivity index (χ2v) is 5.33. The van der Waals surface area contributed by atoms with E-state index in [1.54, 1.807) is 6.07 Å². The second-order valence-electron chi connectivity index (χ2n) is 4.89. The molecule has 0 aliphatic heterocycles. The number of aromatic carboxylic acids is 1. The van der Waals surface area contributed by atoms with Gasteiger partial charge in [0, 0.05) is 11.1 Å². The summed E-state index contributed by atoms with van der Waals surface area (Å²) in [6, 6.07) is 12.2. The lowest BCUT2D eigenvalue weighted by molar-refractivity contribution is 0.0694. The normalized spacial score (nSPS) is 12.0. The number of hydrogen-bond acceptors (Lipinski definition) is 2. The molecule has 2 rings (SSSR count). The molecular formula is C17H17ClO3. The van der Waals surface area contributed by atoms with Crippen molar-refractivity contribution in [1.29, 1.82) is 0 Å². The molecule has 110 valence electrons. The summed E-state index contributed by atoms with van der Waals surface area (Å²) in [5.41, 5.74) is 1.15. The first-order chi connectivity index (χ1) is 10.0. The molecular weight excluding hydrogens is 288 g/mol. The van der Waals surface area contributed by atoms with Crippen LogP contribution in [0, 0.1) is 0 Å². The molecule has 0 radical (unpaired) electrons. The number of rotatable bonds is 5. The molecule has 2 aromatic rings. The second kappa shape index (κ2) is 6.64. The molecule has 0 aliphatic rings. The molecule has 4 heteroatoms. The predicted molar refractivity (Wildman–Crippen MR) is 83.6 cm³/mol. The van der Waals surface area contributed by atoms with Crippen molar-refractivity contribution in [1.82, 2.24) is 0 Å². The fraction of sp³-hybridized carbons (Fsp3) is 0.235. The highest BCUT2D eigenvalue weighted by Gasteiger charge is 2.15. The van der Waals surface area contributed by atoms with Gasteiger partial charge in [-0.25, -0.2) is 4.79 Å². The van der Waals surface area contributed by atoms with Crippen LogP contribution in [-0.2, 0) is 0 Å². The van der Waals surface area contributed by atoms with Crippen LogP contribution in [-0.4, -0.2) is 11.1 Å². The number of para-hydroxylation sites is 1. The van der Waals surface area contributed by atoms with Crippen molar-refractivity contribution in [2.75, 3.05) is 0 Å². The van der Waals surface area contributed by atoms with Crippen molar-refractivity contribution < 1.29 is 14.6 Å². The lowest BCUT2D eigenvalue weighted by Gasteiger charge is -2.16. The number of carboxylic acid groups (broad SMARTS) is 1. The van der Waals surface area contributed by atoms with E-state index in [1.807, 2.05) is 24.3 Å². The highest BCUT2D eigenvalue weighted by atomic mass is 35.5. The van der Waals surface area contributed by atoms with Gasteiger partial charge in [-0.15, -0.1) is 0 Å². The molecule has 1 unspecified atom stereocenters. The molecule has 0 spiro atoms. The van der Waals surface area contributed by atoms with Gasteiger partial charge in [0.05, 0.1) is 0 Å². The third-order valence-electron chi connectivity index (χ3n) is 3.46. The lowest BCUT2D eigenvalue weighted by Crippen LogP contribution is -2.02. The molecule has 21 heavy (non-hydrogen) atoms. The van der Waals surface area contributed by atoms with E-state index in [2.05, 4.69) is 13.8 Å². The van der Waals surface area contributed by atoms with Crippen LogP contribution in [0.1, 0.15) is 42.1 Å². The number of benzene rings is 2. The van der Waals surface area contributed by atoms with Crippen LogP contribution < -0.4 is 4.74 Å². The number of carbonyl (C=O) groups is 1. The smallest absolute Gasteiger partial charge is 0.339 e. The maximum absolute atomic E-state index is 11.3. The Kier molecular flexibility index (Phi) is 4.86. The van der Waals surface area contributed by atoms with Crippen molar-refractivity contribution in [3.8, 4) is 11.5 Å². The van der Waals surface area contributed by atoms with Crippen LogP contribution in [0.5, 0.6) is 11.5 Å². The van der Waals surface area contributed by atoms with Gasteiger partial charge in [-0.2, -0.15) is 0 Å². The Balaban J connectivity index is 2.43. The van der Waals surface area contributed by atoms with Gasteiger partial charge in [0.25, 0.3) is 0 Å². The monoisotopic (exact) mass is 304 g/mol. The highest BCUT2D eigenvalue weighted by Crippen LogP contribution is 2.34. The van der Waals surface area contributed by atoms with Crippen molar-refractivity contribution in [2.24, 2.45) is 0 Å². The SMILES string of the molecule is CCC(C)c1ccccc1Oc1cc(Cl)ccc1C(=O)O. The standard InChI is InChI=1S/C17H17ClO3/c1-3-11(2)13-6-4-5-7-15(13)21-16-10-12(18)8-9-14(16)17(19)20/h4-11H,3H2,1-2H3,(H,19,20). The van der Waals surface area contributed by atoms with E-state index < -0.39 is 5.97 Å². The van der Waals surface area contributed by atoms with E-state index in [4.69, 9.17) is 16.3 Å². The molecule has 0 aliphatic carbocycles. The van der Waals surface area contributed by atoms with E-state index in [1.165, 1.54) is 12.1 Å². The summed E-state index contributed by atoms with van der Waals surface area (Å²) in [6.45, 7) is 4.21. The Labute approximate surface area is 129 Å². The topological polar surface area (TPSA) is 46.5 Å². The summed E-state index contributed by atoms with van der Waals surface area (Å²) in [6.07, 6.45) is 0.974. The van der Waals surface area contributed by atoms with Crippen LogP contribution in [0.15, 0.2) is 42.5 Å². The Morgan fingerprint density at radius 3 is 2.62 bits per heavy atom. The van der Waals surface area contributed by atoms with Crippen LogP contribution >= 0.6 is 11.6 Å². The van der Waals surface area contributed by atoms with Crippen LogP contribution in [0.4, 0.5) is 0 Å². The van der Waals surface area contributed by atoms with Gasteiger partial charge in [0.15, 0.2) is 0 Å². The van der Waals surface area contributed by atoms with E-state index in [0.29, 0.717) is 16.7 Å². The number of carboxylic acids is 1. The van der Waals surface area contributed by atoms with Gasteiger partial charge < -0.3 is 9.84 Å². The van der Waals surface area contributed by atoms with Crippen LogP contribution in [0.2, 0.25) is 5.02 Å². The summed E-state index contributed by atoms with van der Waals surface area (Å²) < 4.78 is 5.84. The Bertz CT molecular complexity index is 652. The summed E-state index contributed by atoms with van der Waals surface area (Å²) in [5.74, 6) is 0.207. The summed E-state index contributed by atoms with van der Waals surface area (Å²) in [4.78, 5) is 11.3. The van der Waals surface area contributed by atoms with Gasteiger partial charge in [-0.05, 0) is 36.1 Å². The number of halogens is 1. The van der Waals surface area contributed by atoms with Crippen LogP contribution in [0.3, 0.4) is 0 Å². The molecule has 3 nitrogen and oxygen atoms in total. The largest absolute Gasteiger partial charge is 0.478 e. The van der Waals surface area contributed by atoms with Crippen molar-refractivity contribution >= 4 is 17.6 Å². The molecule has 0 bridgehead atoms. The minimum absolute atomic E-state index is 0.0957. The average Bonchev–Trinajstić information content (AvgIpc) is 2.47. The van der Waals surface area contributed by atoms with Gasteiger partial charge in [0.1, 0.15) is 17.1 Å². The highest BCUT2D eigenvalue weighted by molar-refractivity contribution is 6.30. The first kappa shape index (κ1) is 15.4. The van der Waals surface area contributed by atoms with E-state index >= 15 is 0 Å². The zero-order valence-electron chi connectivity index (χ0n) is 12.0. The fourth-order valence-electron chi connectivity index (χ4n) is 2.08. The molecule has 0 saturated carbocycles. The molecule has 2 aromatic carbocycles. The average molecular weight is 305 g/mol. The zero-order chi connectivity index (χ0) is 15.4. The first-order valence-electron chi connectivity index (χ1n) is 6.82. The Morgan fingerprint density at radius 1 is 1.24 bits per heavy atom. The maximum atomic E-state index is 11.3. The summed E-state index contributed by atoms with van der Waals surface area (Å²) in [7, 11) is 0. The van der Waals surface area contributed by atoms with Gasteiger partial charge in [-0.3, -0.25) is 0 Å². The first-order valence-corrected chi connectivity index (χ1v) is 7.20. The zero-order valence-corrected chi connectivity index (χ0v) is 12.7. The van der Waals surface area contributed by atoms with Crippen molar-refractivity contribution in [3.63, 3.8) is 0 Å². The van der Waals surface area contributed by atoms with Crippen LogP contribution in [0.25, 0.3) is 0 Å².